The van der Waals surface area contributed by atoms with Crippen LogP contribution in [0, 0.1) is 11.8 Å². The molecule has 0 spiro atoms. The normalized spacial score (nSPS) is 36.4. The lowest BCUT2D eigenvalue weighted by Crippen LogP contribution is -2.48. The Morgan fingerprint density at radius 2 is 1.93 bits per heavy atom. The number of hydrogen-bond donors (Lipinski definition) is 1. The zero-order valence-electron chi connectivity index (χ0n) is 9.21. The van der Waals surface area contributed by atoms with Crippen molar-refractivity contribution in [3.05, 3.63) is 0 Å². The average molecular weight is 199 g/mol. The van der Waals surface area contributed by atoms with Crippen LogP contribution in [0.1, 0.15) is 25.7 Å². The third kappa shape index (κ3) is 1.81. The Kier molecular flexibility index (Phi) is 3.10. The third-order valence-corrected chi connectivity index (χ3v) is 3.98. The van der Waals surface area contributed by atoms with Crippen molar-refractivity contribution < 1.29 is 9.47 Å². The molecule has 1 aliphatic carbocycles. The van der Waals surface area contributed by atoms with Crippen LogP contribution >= 0.6 is 0 Å². The number of ether oxygens (including phenoxy) is 2. The second-order valence-electron chi connectivity index (χ2n) is 4.57. The van der Waals surface area contributed by atoms with E-state index in [-0.39, 0.29) is 5.79 Å². The molecule has 0 aromatic rings. The molecule has 3 nitrogen and oxygen atoms in total. The highest BCUT2D eigenvalue weighted by Gasteiger charge is 2.41. The quantitative estimate of drug-likeness (QED) is 0.682. The van der Waals surface area contributed by atoms with Crippen LogP contribution in [0.2, 0.25) is 0 Å². The number of hydrogen-bond acceptors (Lipinski definition) is 3. The Morgan fingerprint density at radius 1 is 1.14 bits per heavy atom. The lowest BCUT2D eigenvalue weighted by atomic mass is 9.73. The maximum absolute atomic E-state index is 5.53. The Balaban J connectivity index is 2.01. The molecule has 1 N–H and O–H groups in total. The molecule has 1 saturated carbocycles. The minimum atomic E-state index is -0.279. The van der Waals surface area contributed by atoms with Gasteiger partial charge in [0, 0.05) is 27.1 Å². The van der Waals surface area contributed by atoms with Crippen molar-refractivity contribution in [3.63, 3.8) is 0 Å². The second-order valence-corrected chi connectivity index (χ2v) is 4.57. The Morgan fingerprint density at radius 3 is 2.64 bits per heavy atom. The summed E-state index contributed by atoms with van der Waals surface area (Å²) in [6.45, 7) is 2.35. The van der Waals surface area contributed by atoms with Crippen LogP contribution in [-0.2, 0) is 9.47 Å². The summed E-state index contributed by atoms with van der Waals surface area (Å²) in [6.07, 6.45) is 4.63. The first-order chi connectivity index (χ1) is 6.79. The third-order valence-electron chi connectivity index (χ3n) is 3.98. The first kappa shape index (κ1) is 10.4. The lowest BCUT2D eigenvalue weighted by molar-refractivity contribution is -0.238. The molecule has 2 aliphatic rings. The van der Waals surface area contributed by atoms with Crippen LogP contribution in [0.3, 0.4) is 0 Å². The molecule has 1 aliphatic heterocycles. The van der Waals surface area contributed by atoms with Crippen molar-refractivity contribution in [3.8, 4) is 0 Å². The molecular formula is C11H21NO2. The number of fused-ring (bicyclic) bond motifs is 1. The van der Waals surface area contributed by atoms with Crippen LogP contribution in [-0.4, -0.2) is 33.1 Å². The van der Waals surface area contributed by atoms with Gasteiger partial charge >= 0.3 is 0 Å². The molecule has 0 radical (unpaired) electrons. The van der Waals surface area contributed by atoms with Gasteiger partial charge in [-0.05, 0) is 37.8 Å². The molecule has 2 fully saturated rings. The predicted octanol–water partition coefficient (Wildman–Crippen LogP) is 1.39. The average Bonchev–Trinajstić information content (AvgIpc) is 2.28. The molecule has 0 amide bonds. The zero-order valence-corrected chi connectivity index (χ0v) is 9.21. The minimum Gasteiger partial charge on any atom is -0.353 e. The zero-order chi connectivity index (χ0) is 10.0. The molecule has 1 saturated heterocycles. The molecule has 0 bridgehead atoms. The molecule has 1 heterocycles. The van der Waals surface area contributed by atoms with Gasteiger partial charge in [0.25, 0.3) is 0 Å². The fourth-order valence-corrected chi connectivity index (χ4v) is 2.94. The van der Waals surface area contributed by atoms with Crippen LogP contribution < -0.4 is 5.32 Å². The molecule has 0 unspecified atom stereocenters. The van der Waals surface area contributed by atoms with Crippen LogP contribution in [0.15, 0.2) is 0 Å². The van der Waals surface area contributed by atoms with Gasteiger partial charge in [0.05, 0.1) is 0 Å². The van der Waals surface area contributed by atoms with E-state index in [9.17, 15) is 0 Å². The Labute approximate surface area is 86.2 Å². The van der Waals surface area contributed by atoms with Gasteiger partial charge in [-0.1, -0.05) is 0 Å². The Hall–Kier alpha value is -0.120. The summed E-state index contributed by atoms with van der Waals surface area (Å²) in [5.41, 5.74) is 0. The van der Waals surface area contributed by atoms with E-state index in [1.807, 2.05) is 0 Å². The van der Waals surface area contributed by atoms with Gasteiger partial charge in [-0.25, -0.2) is 0 Å². The van der Waals surface area contributed by atoms with Gasteiger partial charge in [-0.3, -0.25) is 0 Å². The molecule has 3 heteroatoms. The fourth-order valence-electron chi connectivity index (χ4n) is 2.94. The van der Waals surface area contributed by atoms with Crippen molar-refractivity contribution in [2.24, 2.45) is 11.8 Å². The van der Waals surface area contributed by atoms with Crippen molar-refractivity contribution in [2.75, 3.05) is 27.3 Å². The number of methoxy groups -OCH3 is 2. The Bertz CT molecular complexity index is 192. The van der Waals surface area contributed by atoms with Gasteiger partial charge in [0.2, 0.25) is 0 Å². The van der Waals surface area contributed by atoms with E-state index in [4.69, 9.17) is 9.47 Å². The molecule has 2 rings (SSSR count). The van der Waals surface area contributed by atoms with Gasteiger partial charge in [-0.15, -0.1) is 0 Å². The number of piperidine rings is 1. The summed E-state index contributed by atoms with van der Waals surface area (Å²) < 4.78 is 11.1. The van der Waals surface area contributed by atoms with E-state index in [1.165, 1.54) is 19.4 Å². The summed E-state index contributed by atoms with van der Waals surface area (Å²) in [5, 5.41) is 3.47. The highest BCUT2D eigenvalue weighted by Crippen LogP contribution is 2.41. The summed E-state index contributed by atoms with van der Waals surface area (Å²) in [7, 11) is 3.54. The van der Waals surface area contributed by atoms with E-state index in [2.05, 4.69) is 5.32 Å². The van der Waals surface area contributed by atoms with Gasteiger partial charge in [0.1, 0.15) is 0 Å². The van der Waals surface area contributed by atoms with E-state index in [0.717, 1.165) is 31.2 Å². The van der Waals surface area contributed by atoms with Crippen molar-refractivity contribution in [1.82, 2.24) is 5.32 Å². The predicted molar refractivity (Wildman–Crippen MR) is 55.1 cm³/mol. The molecule has 14 heavy (non-hydrogen) atoms. The number of nitrogens with one attached hydrogen (secondary N) is 1. The first-order valence-corrected chi connectivity index (χ1v) is 5.61. The van der Waals surface area contributed by atoms with E-state index >= 15 is 0 Å². The van der Waals surface area contributed by atoms with Crippen molar-refractivity contribution in [2.45, 2.75) is 31.5 Å². The van der Waals surface area contributed by atoms with E-state index in [0.29, 0.717) is 0 Å². The van der Waals surface area contributed by atoms with Gasteiger partial charge < -0.3 is 14.8 Å². The van der Waals surface area contributed by atoms with E-state index < -0.39 is 0 Å². The molecule has 82 valence electrons. The monoisotopic (exact) mass is 199 g/mol. The van der Waals surface area contributed by atoms with E-state index in [1.54, 1.807) is 14.2 Å². The molecular weight excluding hydrogens is 178 g/mol. The second kappa shape index (κ2) is 4.17. The van der Waals surface area contributed by atoms with Crippen molar-refractivity contribution in [1.29, 1.82) is 0 Å². The van der Waals surface area contributed by atoms with Crippen LogP contribution in [0.25, 0.3) is 0 Å². The fraction of sp³-hybridized carbons (Fsp3) is 1.00. The largest absolute Gasteiger partial charge is 0.353 e. The number of rotatable bonds is 2. The van der Waals surface area contributed by atoms with Crippen LogP contribution in [0.4, 0.5) is 0 Å². The standard InChI is InChI=1S/C11H21NO2/c1-13-11(14-2)5-3-10-8-12-6-4-9(10)7-11/h9-10,12H,3-8H2,1-2H3/t9-,10+/m1/s1. The van der Waals surface area contributed by atoms with Crippen LogP contribution in [0.5, 0.6) is 0 Å². The topological polar surface area (TPSA) is 30.5 Å². The lowest BCUT2D eigenvalue weighted by Gasteiger charge is -2.45. The summed E-state index contributed by atoms with van der Waals surface area (Å²) in [6, 6.07) is 0. The van der Waals surface area contributed by atoms with Gasteiger partial charge in [0.15, 0.2) is 5.79 Å². The highest BCUT2D eigenvalue weighted by molar-refractivity contribution is 4.89. The first-order valence-electron chi connectivity index (χ1n) is 5.61. The molecule has 0 aromatic carbocycles. The molecule has 0 aromatic heterocycles. The minimum absolute atomic E-state index is 0.279. The highest BCUT2D eigenvalue weighted by atomic mass is 16.7. The molecule has 2 atom stereocenters. The summed E-state index contributed by atoms with van der Waals surface area (Å²) >= 11 is 0. The SMILES string of the molecule is COC1(OC)CC[C@H]2CNCC[C@@H]2C1. The maximum Gasteiger partial charge on any atom is 0.167 e. The van der Waals surface area contributed by atoms with Gasteiger partial charge in [-0.2, -0.15) is 0 Å². The summed E-state index contributed by atoms with van der Waals surface area (Å²) in [5.74, 6) is 1.37. The maximum atomic E-state index is 5.53. The summed E-state index contributed by atoms with van der Waals surface area (Å²) in [4.78, 5) is 0. The van der Waals surface area contributed by atoms with Crippen molar-refractivity contribution >= 4 is 0 Å². The smallest absolute Gasteiger partial charge is 0.167 e.